The molecule has 0 bridgehead atoms. The third-order valence-corrected chi connectivity index (χ3v) is 11.8. The molecule has 4 aromatic carbocycles. The lowest BCUT2D eigenvalue weighted by Gasteiger charge is -2.26. The molecule has 0 aliphatic carbocycles. The molecule has 0 spiro atoms. The molecular weight excluding hydrogens is 915 g/mol. The fourth-order valence-corrected chi connectivity index (χ4v) is 7.99. The van der Waals surface area contributed by atoms with E-state index in [2.05, 4.69) is 47.1 Å². The normalized spacial score (nSPS) is 18.4. The molecule has 1 saturated heterocycles. The van der Waals surface area contributed by atoms with Crippen LogP contribution in [0, 0.1) is 0 Å². The molecule has 0 radical (unpaired) electrons. The number of guanidine groups is 1. The van der Waals surface area contributed by atoms with Crippen molar-refractivity contribution >= 4 is 73.9 Å². The van der Waals surface area contributed by atoms with Crippen LogP contribution in [-0.2, 0) is 51.9 Å². The maximum atomic E-state index is 14.3. The van der Waals surface area contributed by atoms with Crippen molar-refractivity contribution in [3.8, 4) is 0 Å². The molecule has 1 fully saturated rings. The molecule has 5 rings (SSSR count). The molecule has 366 valence electrons. The SMILES string of the molecule is NC(N)=NCCC[C@@H]1NC(=O)[C@H](CCCCNC(=O)c2ccc(N=NCc3ccccc3S(=O)(=O)O)cc2)NC(=O)[C@@H](Cc2ccc3ccccc3c2)NC(=O)[C@H](CCC(=O)O)NC(=O)CNC1=O. The Morgan fingerprint density at radius 1 is 0.710 bits per heavy atom. The zero-order chi connectivity index (χ0) is 49.9. The van der Waals surface area contributed by atoms with Crippen LogP contribution in [0.25, 0.3) is 10.8 Å². The average molecular weight is 970 g/mol. The van der Waals surface area contributed by atoms with E-state index in [1.54, 1.807) is 12.1 Å². The van der Waals surface area contributed by atoms with Gasteiger partial charge in [0.15, 0.2) is 5.96 Å². The Balaban J connectivity index is 1.31. The van der Waals surface area contributed by atoms with Crippen molar-refractivity contribution in [2.24, 2.45) is 26.7 Å². The molecule has 1 aliphatic heterocycles. The molecule has 12 N–H and O–H groups in total. The second-order valence-electron chi connectivity index (χ2n) is 16.1. The number of amides is 6. The van der Waals surface area contributed by atoms with Gasteiger partial charge in [0, 0.05) is 31.5 Å². The molecular formula is C46H55N11O11S. The molecule has 1 aliphatic rings. The summed E-state index contributed by atoms with van der Waals surface area (Å²) in [7, 11) is -4.45. The summed E-state index contributed by atoms with van der Waals surface area (Å²) < 4.78 is 32.8. The predicted octanol–water partition coefficient (Wildman–Crippen LogP) is 1.50. The Morgan fingerprint density at radius 3 is 2.03 bits per heavy atom. The number of carbonyl (C=O) groups excluding carboxylic acids is 6. The summed E-state index contributed by atoms with van der Waals surface area (Å²) >= 11 is 0. The first-order valence-corrected chi connectivity index (χ1v) is 23.4. The van der Waals surface area contributed by atoms with Crippen LogP contribution in [0.2, 0.25) is 0 Å². The van der Waals surface area contributed by atoms with Gasteiger partial charge < -0.3 is 48.5 Å². The van der Waals surface area contributed by atoms with E-state index in [4.69, 9.17) is 11.5 Å². The van der Waals surface area contributed by atoms with Crippen LogP contribution in [-0.4, -0.2) is 109 Å². The van der Waals surface area contributed by atoms with E-state index in [1.165, 1.54) is 42.5 Å². The van der Waals surface area contributed by atoms with Gasteiger partial charge in [0.2, 0.25) is 29.5 Å². The van der Waals surface area contributed by atoms with Crippen LogP contribution in [0.4, 0.5) is 5.69 Å². The summed E-state index contributed by atoms with van der Waals surface area (Å²) in [5, 5.41) is 35.1. The molecule has 4 atom stereocenters. The van der Waals surface area contributed by atoms with Crippen LogP contribution >= 0.6 is 0 Å². The average Bonchev–Trinajstić information content (AvgIpc) is 3.31. The lowest BCUT2D eigenvalue weighted by molar-refractivity contribution is -0.138. The lowest BCUT2D eigenvalue weighted by Crippen LogP contribution is -2.58. The molecule has 23 heteroatoms. The van der Waals surface area contributed by atoms with E-state index in [-0.39, 0.29) is 74.6 Å². The lowest BCUT2D eigenvalue weighted by atomic mass is 9.99. The Kier molecular flexibility index (Phi) is 19.2. The highest BCUT2D eigenvalue weighted by atomic mass is 32.2. The first kappa shape index (κ1) is 52.2. The van der Waals surface area contributed by atoms with Crippen molar-refractivity contribution in [3.63, 3.8) is 0 Å². The van der Waals surface area contributed by atoms with Gasteiger partial charge in [-0.3, -0.25) is 43.1 Å². The maximum absolute atomic E-state index is 14.3. The number of benzene rings is 4. The Bertz CT molecular complexity index is 2680. The van der Waals surface area contributed by atoms with Gasteiger partial charge in [-0.05, 0) is 90.8 Å². The van der Waals surface area contributed by atoms with E-state index < -0.39 is 88.7 Å². The van der Waals surface area contributed by atoms with E-state index in [0.29, 0.717) is 23.2 Å². The summed E-state index contributed by atoms with van der Waals surface area (Å²) in [5.74, 6) is -5.81. The highest BCUT2D eigenvalue weighted by Crippen LogP contribution is 2.20. The standard InChI is InChI=1S/C46H55N11O11S/c47-46(48)50-23-7-12-34-42(62)51-27-39(58)53-36(20-21-40(59)60)44(64)56-37(25-28-14-15-29-8-1-2-9-31(29)24-28)45(65)55-35(43(63)54-34)11-5-6-22-49-41(61)30-16-18-33(19-17-30)57-52-26-32-10-3-4-13-38(32)69(66,67)68/h1-4,8-10,13-19,24,34-37H,5-7,11-12,20-23,25-27H2,(H,49,61)(H,51,62)(H,53,58)(H,54,63)(H,55,65)(H,56,64)(H,59,60)(H4,47,48,50)(H,66,67,68)/t34-,35-,36-,37+/m0/s1. The van der Waals surface area contributed by atoms with Crippen molar-refractivity contribution in [1.82, 2.24) is 31.9 Å². The van der Waals surface area contributed by atoms with E-state index in [9.17, 15) is 51.6 Å². The predicted molar refractivity (Wildman–Crippen MR) is 252 cm³/mol. The summed E-state index contributed by atoms with van der Waals surface area (Å²) in [6, 6.07) is 19.7. The van der Waals surface area contributed by atoms with Crippen molar-refractivity contribution in [2.75, 3.05) is 19.6 Å². The summed E-state index contributed by atoms with van der Waals surface area (Å²) in [5.41, 5.74) is 12.5. The van der Waals surface area contributed by atoms with E-state index in [1.807, 2.05) is 36.4 Å². The number of unbranched alkanes of at least 4 members (excludes halogenated alkanes) is 1. The second-order valence-corrected chi connectivity index (χ2v) is 17.5. The van der Waals surface area contributed by atoms with Crippen molar-refractivity contribution in [2.45, 2.75) is 87.0 Å². The highest BCUT2D eigenvalue weighted by molar-refractivity contribution is 7.85. The number of hydrogen-bond acceptors (Lipinski definition) is 12. The summed E-state index contributed by atoms with van der Waals surface area (Å²) in [4.78, 5) is 97.0. The number of azo groups is 1. The number of nitrogens with one attached hydrogen (secondary N) is 6. The third kappa shape index (κ3) is 16.8. The number of fused-ring (bicyclic) bond motifs is 1. The minimum Gasteiger partial charge on any atom is -0.481 e. The quantitative estimate of drug-likeness (QED) is 0.0210. The number of carbonyl (C=O) groups is 7. The maximum Gasteiger partial charge on any atom is 0.303 e. The fourth-order valence-electron chi connectivity index (χ4n) is 7.28. The number of rotatable bonds is 19. The molecule has 0 unspecified atom stereocenters. The van der Waals surface area contributed by atoms with Gasteiger partial charge in [0.1, 0.15) is 24.2 Å². The molecule has 22 nitrogen and oxygen atoms in total. The second kappa shape index (κ2) is 25.4. The molecule has 0 aromatic heterocycles. The Hall–Kier alpha value is -7.79. The number of nitrogens with zero attached hydrogens (tertiary/aromatic N) is 3. The zero-order valence-corrected chi connectivity index (χ0v) is 38.2. The van der Waals surface area contributed by atoms with Gasteiger partial charge in [-0.1, -0.05) is 60.7 Å². The third-order valence-electron chi connectivity index (χ3n) is 10.8. The molecule has 1 heterocycles. The first-order valence-electron chi connectivity index (χ1n) is 22.0. The van der Waals surface area contributed by atoms with Crippen molar-refractivity contribution < 1.29 is 51.6 Å². The van der Waals surface area contributed by atoms with Crippen molar-refractivity contribution in [1.29, 1.82) is 0 Å². The van der Waals surface area contributed by atoms with Gasteiger partial charge in [0.25, 0.3) is 16.0 Å². The minimum atomic E-state index is -4.45. The number of nitrogens with two attached hydrogens (primary N) is 2. The highest BCUT2D eigenvalue weighted by Gasteiger charge is 2.33. The number of aliphatic imine (C=N–C) groups is 1. The summed E-state index contributed by atoms with van der Waals surface area (Å²) in [6.07, 6.45) is -0.0401. The van der Waals surface area contributed by atoms with E-state index >= 15 is 0 Å². The van der Waals surface area contributed by atoms with Crippen LogP contribution in [0.1, 0.15) is 66.4 Å². The van der Waals surface area contributed by atoms with Crippen LogP contribution in [0.5, 0.6) is 0 Å². The van der Waals surface area contributed by atoms with Gasteiger partial charge in [-0.2, -0.15) is 18.6 Å². The number of hydrogen-bond donors (Lipinski definition) is 10. The van der Waals surface area contributed by atoms with Crippen LogP contribution in [0.15, 0.2) is 111 Å². The topological polar surface area (TPSA) is 355 Å². The zero-order valence-electron chi connectivity index (χ0n) is 37.4. The largest absolute Gasteiger partial charge is 0.481 e. The van der Waals surface area contributed by atoms with Gasteiger partial charge in [0.05, 0.1) is 23.7 Å². The van der Waals surface area contributed by atoms with Crippen LogP contribution in [0.3, 0.4) is 0 Å². The fraction of sp³-hybridized carbons (Fsp3) is 0.348. The van der Waals surface area contributed by atoms with E-state index in [0.717, 1.165) is 10.8 Å². The molecule has 69 heavy (non-hydrogen) atoms. The molecule has 0 saturated carbocycles. The van der Waals surface area contributed by atoms with Crippen LogP contribution < -0.4 is 43.4 Å². The van der Waals surface area contributed by atoms with Crippen molar-refractivity contribution in [3.05, 3.63) is 108 Å². The smallest absolute Gasteiger partial charge is 0.303 e. The Labute approximate surface area is 397 Å². The molecule has 4 aromatic rings. The number of carboxylic acids is 1. The van der Waals surface area contributed by atoms with Gasteiger partial charge in [-0.15, -0.1) is 0 Å². The number of aliphatic carboxylic acids is 1. The van der Waals surface area contributed by atoms with Gasteiger partial charge in [-0.25, -0.2) is 0 Å². The van der Waals surface area contributed by atoms with Gasteiger partial charge >= 0.3 is 5.97 Å². The monoisotopic (exact) mass is 969 g/mol. The summed E-state index contributed by atoms with van der Waals surface area (Å²) in [6.45, 7) is -0.489. The molecule has 6 amide bonds. The number of carboxylic acid groups (broad SMARTS) is 1. The minimum absolute atomic E-state index is 0.0160. The first-order chi connectivity index (χ1) is 33.0. The Morgan fingerprint density at radius 2 is 1.33 bits per heavy atom.